The number of nitrogens with one attached hydrogen (secondary N) is 2. The minimum Gasteiger partial charge on any atom is -0.318 e. The molecule has 2 aromatic rings. The lowest BCUT2D eigenvalue weighted by Crippen LogP contribution is -2.16. The lowest BCUT2D eigenvalue weighted by atomic mass is 10.3. The predicted molar refractivity (Wildman–Crippen MR) is 72.6 cm³/mol. The summed E-state index contributed by atoms with van der Waals surface area (Å²) in [5, 5.41) is 7.06. The molecule has 7 nitrogen and oxygen atoms in total. The second-order valence-electron chi connectivity index (χ2n) is 4.02. The maximum atomic E-state index is 12.1. The first-order chi connectivity index (χ1) is 9.13. The smallest absolute Gasteiger partial charge is 0.274 e. The molecule has 2 heterocycles. The second-order valence-corrected chi connectivity index (χ2v) is 4.02. The van der Waals surface area contributed by atoms with Crippen LogP contribution >= 0.6 is 0 Å². The summed E-state index contributed by atoms with van der Waals surface area (Å²) in [6.45, 7) is 1.98. The maximum absolute atomic E-state index is 12.1. The molecule has 7 heteroatoms. The summed E-state index contributed by atoms with van der Waals surface area (Å²) in [6, 6.07) is 5.01. The Morgan fingerprint density at radius 2 is 2.26 bits per heavy atom. The Kier molecular flexibility index (Phi) is 3.76. The van der Waals surface area contributed by atoms with Gasteiger partial charge in [-0.3, -0.25) is 9.48 Å². The molecule has 0 saturated carbocycles. The second kappa shape index (κ2) is 5.49. The zero-order chi connectivity index (χ0) is 13.8. The summed E-state index contributed by atoms with van der Waals surface area (Å²) >= 11 is 0. The molecule has 4 N–H and O–H groups in total. The number of hydrogen-bond acceptors (Lipinski definition) is 5. The van der Waals surface area contributed by atoms with Gasteiger partial charge in [-0.2, -0.15) is 5.10 Å². The van der Waals surface area contributed by atoms with Gasteiger partial charge in [0.15, 0.2) is 0 Å². The van der Waals surface area contributed by atoms with Crippen LogP contribution in [-0.2, 0) is 13.5 Å². The van der Waals surface area contributed by atoms with Crippen molar-refractivity contribution in [3.05, 3.63) is 35.8 Å². The Morgan fingerprint density at radius 1 is 1.47 bits per heavy atom. The molecule has 0 unspecified atom stereocenters. The molecule has 0 aliphatic heterocycles. The number of rotatable bonds is 4. The van der Waals surface area contributed by atoms with Crippen molar-refractivity contribution in [1.29, 1.82) is 0 Å². The topological polar surface area (TPSA) is 97.9 Å². The van der Waals surface area contributed by atoms with Crippen LogP contribution < -0.4 is 16.6 Å². The normalized spacial score (nSPS) is 10.3. The van der Waals surface area contributed by atoms with E-state index in [1.807, 2.05) is 14.0 Å². The summed E-state index contributed by atoms with van der Waals surface area (Å²) < 4.78 is 1.67. The molecule has 0 fully saturated rings. The summed E-state index contributed by atoms with van der Waals surface area (Å²) in [5.74, 6) is 5.41. The van der Waals surface area contributed by atoms with Crippen LogP contribution in [0.2, 0.25) is 0 Å². The summed E-state index contributed by atoms with van der Waals surface area (Å²) in [4.78, 5) is 16.2. The van der Waals surface area contributed by atoms with Crippen molar-refractivity contribution in [2.45, 2.75) is 13.3 Å². The van der Waals surface area contributed by atoms with Crippen LogP contribution in [0.15, 0.2) is 24.4 Å². The number of aromatic nitrogens is 3. The van der Waals surface area contributed by atoms with Crippen LogP contribution in [0.3, 0.4) is 0 Å². The van der Waals surface area contributed by atoms with Gasteiger partial charge < -0.3 is 10.7 Å². The van der Waals surface area contributed by atoms with Gasteiger partial charge in [0.05, 0.1) is 11.4 Å². The zero-order valence-electron chi connectivity index (χ0n) is 10.8. The highest BCUT2D eigenvalue weighted by atomic mass is 16.1. The quantitative estimate of drug-likeness (QED) is 0.561. The molecule has 0 saturated heterocycles. The largest absolute Gasteiger partial charge is 0.318 e. The highest BCUT2D eigenvalue weighted by Gasteiger charge is 2.12. The fourth-order valence-electron chi connectivity index (χ4n) is 1.73. The summed E-state index contributed by atoms with van der Waals surface area (Å²) in [5.41, 5.74) is 4.23. The number of hydrogen-bond donors (Lipinski definition) is 3. The van der Waals surface area contributed by atoms with Crippen molar-refractivity contribution in [2.75, 3.05) is 10.7 Å². The number of nitrogen functional groups attached to an aromatic ring is 1. The lowest BCUT2D eigenvalue weighted by Gasteiger charge is -2.05. The van der Waals surface area contributed by atoms with E-state index in [9.17, 15) is 4.79 Å². The number of nitrogens with two attached hydrogens (primary N) is 1. The van der Waals surface area contributed by atoms with E-state index in [1.165, 1.54) is 0 Å². The van der Waals surface area contributed by atoms with Gasteiger partial charge in [0.25, 0.3) is 5.91 Å². The molecule has 19 heavy (non-hydrogen) atoms. The molecule has 0 spiro atoms. The molecule has 1 amide bonds. The Labute approximate surface area is 110 Å². The van der Waals surface area contributed by atoms with Crippen molar-refractivity contribution in [2.24, 2.45) is 12.9 Å². The van der Waals surface area contributed by atoms with Crippen molar-refractivity contribution in [3.8, 4) is 0 Å². The Balaban J connectivity index is 2.20. The van der Waals surface area contributed by atoms with Gasteiger partial charge in [-0.25, -0.2) is 10.8 Å². The number of pyridine rings is 1. The third kappa shape index (κ3) is 2.89. The van der Waals surface area contributed by atoms with E-state index in [4.69, 9.17) is 5.84 Å². The number of amides is 1. The van der Waals surface area contributed by atoms with Gasteiger partial charge in [-0.05, 0) is 18.6 Å². The minimum absolute atomic E-state index is 0.292. The molecule has 0 atom stereocenters. The van der Waals surface area contributed by atoms with Crippen LogP contribution in [0.25, 0.3) is 0 Å². The van der Waals surface area contributed by atoms with Gasteiger partial charge in [0.2, 0.25) is 0 Å². The van der Waals surface area contributed by atoms with Gasteiger partial charge in [0, 0.05) is 13.2 Å². The summed E-state index contributed by atoms with van der Waals surface area (Å²) in [7, 11) is 1.81. The molecular weight excluding hydrogens is 244 g/mol. The van der Waals surface area contributed by atoms with Crippen molar-refractivity contribution in [3.63, 3.8) is 0 Å². The number of carbonyl (C=O) groups is 1. The molecule has 0 radical (unpaired) electrons. The van der Waals surface area contributed by atoms with E-state index >= 15 is 0 Å². The highest BCUT2D eigenvalue weighted by Crippen LogP contribution is 2.15. The van der Waals surface area contributed by atoms with Gasteiger partial charge in [-0.15, -0.1) is 0 Å². The predicted octanol–water partition coefficient (Wildman–Crippen LogP) is 0.915. The fourth-order valence-corrected chi connectivity index (χ4v) is 1.73. The molecular formula is C12H16N6O. The van der Waals surface area contributed by atoms with Crippen LogP contribution in [-0.4, -0.2) is 20.7 Å². The molecule has 0 aromatic carbocycles. The highest BCUT2D eigenvalue weighted by molar-refractivity contribution is 6.03. The fraction of sp³-hybridized carbons (Fsp3) is 0.250. The maximum Gasteiger partial charge on any atom is 0.274 e. The first-order valence-corrected chi connectivity index (χ1v) is 5.91. The zero-order valence-corrected chi connectivity index (χ0v) is 10.8. The SMILES string of the molecule is CCc1nn(C)cc1NC(=O)c1cccc(NN)n1. The average Bonchev–Trinajstić information content (AvgIpc) is 2.78. The third-order valence-corrected chi connectivity index (χ3v) is 2.62. The molecule has 100 valence electrons. The van der Waals surface area contributed by atoms with E-state index in [0.29, 0.717) is 17.2 Å². The average molecular weight is 260 g/mol. The van der Waals surface area contributed by atoms with Crippen LogP contribution in [0, 0.1) is 0 Å². The lowest BCUT2D eigenvalue weighted by molar-refractivity contribution is 0.102. The van der Waals surface area contributed by atoms with E-state index in [0.717, 1.165) is 12.1 Å². The number of hydrazine groups is 1. The minimum atomic E-state index is -0.292. The van der Waals surface area contributed by atoms with Crippen molar-refractivity contribution in [1.82, 2.24) is 14.8 Å². The monoisotopic (exact) mass is 260 g/mol. The van der Waals surface area contributed by atoms with E-state index in [-0.39, 0.29) is 5.91 Å². The molecule has 0 bridgehead atoms. The van der Waals surface area contributed by atoms with Crippen molar-refractivity contribution >= 4 is 17.4 Å². The first kappa shape index (κ1) is 13.0. The molecule has 2 rings (SSSR count). The summed E-state index contributed by atoms with van der Waals surface area (Å²) in [6.07, 6.45) is 2.51. The van der Waals surface area contributed by atoms with Crippen LogP contribution in [0.4, 0.5) is 11.5 Å². The number of nitrogens with zero attached hydrogens (tertiary/aromatic N) is 3. The standard InChI is InChI=1S/C12H16N6O/c1-3-8-10(7-18(2)17-8)15-12(19)9-5-4-6-11(14-9)16-13/h4-7H,3,13H2,1-2H3,(H,14,16)(H,15,19). The number of anilines is 2. The Bertz CT molecular complexity index is 592. The molecule has 2 aromatic heterocycles. The van der Waals surface area contributed by atoms with Gasteiger partial charge in [-0.1, -0.05) is 13.0 Å². The van der Waals surface area contributed by atoms with Crippen LogP contribution in [0.5, 0.6) is 0 Å². The molecule has 0 aliphatic carbocycles. The first-order valence-electron chi connectivity index (χ1n) is 5.91. The van der Waals surface area contributed by atoms with Gasteiger partial charge in [0.1, 0.15) is 11.5 Å². The van der Waals surface area contributed by atoms with E-state index < -0.39 is 0 Å². The number of aryl methyl sites for hydroxylation is 2. The Hall–Kier alpha value is -2.41. The molecule has 0 aliphatic rings. The van der Waals surface area contributed by atoms with Gasteiger partial charge >= 0.3 is 0 Å². The van der Waals surface area contributed by atoms with E-state index in [2.05, 4.69) is 20.8 Å². The Morgan fingerprint density at radius 3 is 2.95 bits per heavy atom. The third-order valence-electron chi connectivity index (χ3n) is 2.62. The van der Waals surface area contributed by atoms with E-state index in [1.54, 1.807) is 29.1 Å². The number of carbonyl (C=O) groups excluding carboxylic acids is 1. The van der Waals surface area contributed by atoms with Crippen LogP contribution in [0.1, 0.15) is 23.1 Å². The van der Waals surface area contributed by atoms with Crippen molar-refractivity contribution < 1.29 is 4.79 Å².